The molecule has 0 radical (unpaired) electrons. The Kier molecular flexibility index (Phi) is 7.35. The largest absolute Gasteiger partial charge is 0.464 e. The van der Waals surface area contributed by atoms with Crippen LogP contribution in [0.5, 0.6) is 5.75 Å². The summed E-state index contributed by atoms with van der Waals surface area (Å²) < 4.78 is 16.7. The number of esters is 3. The summed E-state index contributed by atoms with van der Waals surface area (Å²) in [6.45, 7) is 3.09. The standard InChI is InChI=1S/C30H27ClN2O7/c1-3-38-26(35)30(27(36)39-4-2)23(19-13-10-14-20(31)17-19)29(33-25(34)18-11-6-5-7-12-18)24(32-30)21-15-8-9-16-22(21)40-28(29)37/h5-17,23-24,32H,3-4H2,1-2H3,(H,33,34)/t23-,24?,29-/m0/s1. The van der Waals surface area contributed by atoms with Crippen LogP contribution in [0.25, 0.3) is 0 Å². The molecule has 2 heterocycles. The van der Waals surface area contributed by atoms with Gasteiger partial charge in [-0.2, -0.15) is 0 Å². The Hall–Kier alpha value is -4.21. The lowest BCUT2D eigenvalue weighted by Crippen LogP contribution is -2.66. The zero-order valence-electron chi connectivity index (χ0n) is 21.8. The Bertz CT molecular complexity index is 1460. The van der Waals surface area contributed by atoms with Gasteiger partial charge in [-0.3, -0.25) is 10.1 Å². The number of carbonyl (C=O) groups excluding carboxylic acids is 4. The third-order valence-corrected chi connectivity index (χ3v) is 7.45. The van der Waals surface area contributed by atoms with Crippen LogP contribution < -0.4 is 15.4 Å². The molecule has 2 aliphatic heterocycles. The highest BCUT2D eigenvalue weighted by Crippen LogP contribution is 2.56. The highest BCUT2D eigenvalue weighted by molar-refractivity contribution is 6.30. The Morgan fingerprint density at radius 1 is 0.925 bits per heavy atom. The first kappa shape index (κ1) is 27.4. The van der Waals surface area contributed by atoms with Crippen molar-refractivity contribution in [3.63, 3.8) is 0 Å². The van der Waals surface area contributed by atoms with E-state index in [1.807, 2.05) is 0 Å². The molecule has 2 aliphatic rings. The maximum atomic E-state index is 14.2. The summed E-state index contributed by atoms with van der Waals surface area (Å²) in [5.74, 6) is -4.58. The normalized spacial score (nSPS) is 22.3. The van der Waals surface area contributed by atoms with Crippen LogP contribution in [0.2, 0.25) is 5.02 Å². The molecule has 10 heteroatoms. The summed E-state index contributed by atoms with van der Waals surface area (Å²) in [6, 6.07) is 20.3. The van der Waals surface area contributed by atoms with Crippen molar-refractivity contribution >= 4 is 35.4 Å². The number of nitrogens with one attached hydrogen (secondary N) is 2. The number of halogens is 1. The highest BCUT2D eigenvalue weighted by Gasteiger charge is 2.76. The molecule has 3 atom stereocenters. The minimum Gasteiger partial charge on any atom is -0.464 e. The lowest BCUT2D eigenvalue weighted by atomic mass is 9.67. The van der Waals surface area contributed by atoms with E-state index in [0.717, 1.165) is 0 Å². The van der Waals surface area contributed by atoms with E-state index in [0.29, 0.717) is 11.1 Å². The van der Waals surface area contributed by atoms with Crippen molar-refractivity contribution in [2.45, 2.75) is 36.9 Å². The zero-order valence-corrected chi connectivity index (χ0v) is 22.6. The average Bonchev–Trinajstić information content (AvgIpc) is 3.27. The number of hydrogen-bond donors (Lipinski definition) is 2. The van der Waals surface area contributed by atoms with Gasteiger partial charge in [-0.25, -0.2) is 14.4 Å². The first-order chi connectivity index (χ1) is 19.3. The van der Waals surface area contributed by atoms with E-state index in [4.69, 9.17) is 25.8 Å². The Morgan fingerprint density at radius 3 is 2.23 bits per heavy atom. The molecular formula is C30H27ClN2O7. The summed E-state index contributed by atoms with van der Waals surface area (Å²) in [7, 11) is 0. The Morgan fingerprint density at radius 2 is 1.57 bits per heavy atom. The predicted molar refractivity (Wildman–Crippen MR) is 145 cm³/mol. The molecule has 9 nitrogen and oxygen atoms in total. The highest BCUT2D eigenvalue weighted by atomic mass is 35.5. The fraction of sp³-hybridized carbons (Fsp3) is 0.267. The fourth-order valence-corrected chi connectivity index (χ4v) is 5.86. The van der Waals surface area contributed by atoms with Gasteiger partial charge in [0.15, 0.2) is 5.54 Å². The van der Waals surface area contributed by atoms with Gasteiger partial charge in [-0.05, 0) is 49.7 Å². The summed E-state index contributed by atoms with van der Waals surface area (Å²) in [6.07, 6.45) is 0. The predicted octanol–water partition coefficient (Wildman–Crippen LogP) is 3.72. The van der Waals surface area contributed by atoms with Crippen molar-refractivity contribution in [3.8, 4) is 5.75 Å². The van der Waals surface area contributed by atoms with Crippen LogP contribution in [0.3, 0.4) is 0 Å². The van der Waals surface area contributed by atoms with Crippen LogP contribution in [0.15, 0.2) is 78.9 Å². The van der Waals surface area contributed by atoms with Crippen LogP contribution in [-0.2, 0) is 23.9 Å². The summed E-state index contributed by atoms with van der Waals surface area (Å²) >= 11 is 6.38. The molecule has 0 spiro atoms. The minimum absolute atomic E-state index is 0.0565. The molecule has 3 aromatic carbocycles. The number of ether oxygens (including phenoxy) is 3. The monoisotopic (exact) mass is 562 g/mol. The van der Waals surface area contributed by atoms with Crippen LogP contribution in [0.1, 0.15) is 47.3 Å². The maximum absolute atomic E-state index is 14.2. The number of hydrogen-bond acceptors (Lipinski definition) is 8. The number of amides is 1. The van der Waals surface area contributed by atoms with Gasteiger partial charge in [0.2, 0.25) is 5.54 Å². The molecule has 1 saturated heterocycles. The minimum atomic E-state index is -2.26. The van der Waals surface area contributed by atoms with Crippen molar-refractivity contribution in [3.05, 3.63) is 101 Å². The molecule has 1 fully saturated rings. The maximum Gasteiger partial charge on any atom is 0.340 e. The topological polar surface area (TPSA) is 120 Å². The number of para-hydroxylation sites is 1. The molecule has 0 aromatic heterocycles. The van der Waals surface area contributed by atoms with Crippen LogP contribution in [0.4, 0.5) is 0 Å². The smallest absolute Gasteiger partial charge is 0.340 e. The van der Waals surface area contributed by atoms with Gasteiger partial charge < -0.3 is 19.5 Å². The molecule has 0 bridgehead atoms. The molecule has 1 amide bonds. The van der Waals surface area contributed by atoms with Crippen molar-refractivity contribution < 1.29 is 33.4 Å². The second-order valence-corrected chi connectivity index (χ2v) is 9.87. The van der Waals surface area contributed by atoms with Crippen LogP contribution >= 0.6 is 11.6 Å². The number of rotatable bonds is 7. The van der Waals surface area contributed by atoms with E-state index in [-0.39, 0.29) is 29.5 Å². The van der Waals surface area contributed by atoms with Gasteiger partial charge in [0.1, 0.15) is 5.75 Å². The van der Waals surface area contributed by atoms with Crippen molar-refractivity contribution in [2.75, 3.05) is 13.2 Å². The Labute approximate surface area is 235 Å². The quantitative estimate of drug-likeness (QED) is 0.254. The summed E-state index contributed by atoms with van der Waals surface area (Å²) in [5.41, 5.74) is -3.24. The van der Waals surface area contributed by atoms with Crippen LogP contribution in [-0.4, -0.2) is 48.1 Å². The lowest BCUT2D eigenvalue weighted by Gasteiger charge is -2.42. The lowest BCUT2D eigenvalue weighted by molar-refractivity contribution is -0.167. The van der Waals surface area contributed by atoms with E-state index in [9.17, 15) is 19.2 Å². The Balaban J connectivity index is 1.84. The SMILES string of the molecule is CCOC(=O)C1(C(=O)OCC)NC2c3ccccc3OC(=O)[C@]2(NC(=O)c2ccccc2)[C@@H]1c1cccc(Cl)c1. The van der Waals surface area contributed by atoms with Crippen molar-refractivity contribution in [1.82, 2.24) is 10.6 Å². The van der Waals surface area contributed by atoms with E-state index in [2.05, 4.69) is 10.6 Å². The summed E-state index contributed by atoms with van der Waals surface area (Å²) in [5, 5.41) is 6.29. The molecule has 206 valence electrons. The number of fused-ring (bicyclic) bond motifs is 3. The average molecular weight is 563 g/mol. The van der Waals surface area contributed by atoms with Gasteiger partial charge in [-0.1, -0.05) is 60.1 Å². The van der Waals surface area contributed by atoms with Gasteiger partial charge in [0.25, 0.3) is 5.91 Å². The van der Waals surface area contributed by atoms with Gasteiger partial charge in [-0.15, -0.1) is 0 Å². The van der Waals surface area contributed by atoms with Crippen LogP contribution in [0, 0.1) is 0 Å². The van der Waals surface area contributed by atoms with Crippen molar-refractivity contribution in [2.24, 2.45) is 0 Å². The molecule has 0 aliphatic carbocycles. The summed E-state index contributed by atoms with van der Waals surface area (Å²) in [4.78, 5) is 55.8. The molecule has 5 rings (SSSR count). The van der Waals surface area contributed by atoms with E-state index in [1.165, 1.54) is 6.07 Å². The molecule has 3 aromatic rings. The molecule has 2 N–H and O–H groups in total. The number of benzene rings is 3. The molecule has 0 saturated carbocycles. The second-order valence-electron chi connectivity index (χ2n) is 9.43. The number of carbonyl (C=O) groups is 4. The molecule has 40 heavy (non-hydrogen) atoms. The third-order valence-electron chi connectivity index (χ3n) is 7.22. The first-order valence-corrected chi connectivity index (χ1v) is 13.2. The van der Waals surface area contributed by atoms with E-state index in [1.54, 1.807) is 86.6 Å². The first-order valence-electron chi connectivity index (χ1n) is 12.9. The third kappa shape index (κ3) is 4.22. The fourth-order valence-electron chi connectivity index (χ4n) is 5.66. The van der Waals surface area contributed by atoms with Gasteiger partial charge in [0.05, 0.1) is 25.2 Å². The van der Waals surface area contributed by atoms with E-state index >= 15 is 0 Å². The second kappa shape index (κ2) is 10.7. The van der Waals surface area contributed by atoms with E-state index < -0.39 is 46.9 Å². The molecular weight excluding hydrogens is 536 g/mol. The molecule has 1 unspecified atom stereocenters. The zero-order chi connectivity index (χ0) is 28.5. The van der Waals surface area contributed by atoms with Gasteiger partial charge >= 0.3 is 17.9 Å². The van der Waals surface area contributed by atoms with Gasteiger partial charge in [0, 0.05) is 16.1 Å². The van der Waals surface area contributed by atoms with Crippen molar-refractivity contribution in [1.29, 1.82) is 0 Å².